The molecule has 2 aromatic rings. The second kappa shape index (κ2) is 3.91. The number of nitrogens with one attached hydrogen (secondary N) is 1. The monoisotopic (exact) mass is 227 g/mol. The van der Waals surface area contributed by atoms with Gasteiger partial charge in [-0.15, -0.1) is 0 Å². The molecule has 1 aliphatic rings. The van der Waals surface area contributed by atoms with Crippen molar-refractivity contribution in [3.63, 3.8) is 0 Å². The zero-order valence-electron chi connectivity index (χ0n) is 10.3. The van der Waals surface area contributed by atoms with Crippen LogP contribution in [0.25, 0.3) is 11.1 Å². The molecule has 0 saturated carbocycles. The van der Waals surface area contributed by atoms with Gasteiger partial charge in [0.15, 0.2) is 0 Å². The van der Waals surface area contributed by atoms with E-state index in [2.05, 4.69) is 53.2 Å². The summed E-state index contributed by atoms with van der Waals surface area (Å²) >= 11 is 0. The highest BCUT2D eigenvalue weighted by molar-refractivity contribution is 5.78. The SMILES string of the molecule is Cc1nn2c(c1-c1ccccc1)NCCC2C. The van der Waals surface area contributed by atoms with Crippen LogP contribution in [-0.4, -0.2) is 16.3 Å². The number of benzene rings is 1. The van der Waals surface area contributed by atoms with Gasteiger partial charge in [0.2, 0.25) is 0 Å². The summed E-state index contributed by atoms with van der Waals surface area (Å²) in [7, 11) is 0. The molecular weight excluding hydrogens is 210 g/mol. The second-order valence-electron chi connectivity index (χ2n) is 4.68. The maximum absolute atomic E-state index is 4.66. The predicted octanol–water partition coefficient (Wildman–Crippen LogP) is 3.24. The molecule has 0 spiro atoms. The standard InChI is InChI=1S/C14H17N3/c1-10-8-9-15-14-13(11(2)16-17(10)14)12-6-4-3-5-7-12/h3-7,10,15H,8-9H2,1-2H3. The molecule has 3 heteroatoms. The lowest BCUT2D eigenvalue weighted by Crippen LogP contribution is -2.21. The van der Waals surface area contributed by atoms with Gasteiger partial charge in [0.25, 0.3) is 0 Å². The summed E-state index contributed by atoms with van der Waals surface area (Å²) in [5.74, 6) is 1.17. The van der Waals surface area contributed by atoms with Crippen LogP contribution in [0.15, 0.2) is 30.3 Å². The van der Waals surface area contributed by atoms with Gasteiger partial charge in [-0.3, -0.25) is 0 Å². The van der Waals surface area contributed by atoms with E-state index in [1.54, 1.807) is 0 Å². The van der Waals surface area contributed by atoms with Gasteiger partial charge in [-0.25, -0.2) is 4.68 Å². The molecule has 17 heavy (non-hydrogen) atoms. The van der Waals surface area contributed by atoms with Gasteiger partial charge in [0, 0.05) is 12.1 Å². The van der Waals surface area contributed by atoms with Crippen molar-refractivity contribution in [1.29, 1.82) is 0 Å². The Bertz CT molecular complexity index is 528. The summed E-state index contributed by atoms with van der Waals surface area (Å²) in [6.07, 6.45) is 1.14. The highest BCUT2D eigenvalue weighted by Crippen LogP contribution is 2.35. The molecular formula is C14H17N3. The Kier molecular flexibility index (Phi) is 2.39. The van der Waals surface area contributed by atoms with E-state index in [-0.39, 0.29) is 0 Å². The van der Waals surface area contributed by atoms with E-state index in [4.69, 9.17) is 0 Å². The van der Waals surface area contributed by atoms with Gasteiger partial charge in [-0.05, 0) is 25.8 Å². The topological polar surface area (TPSA) is 29.9 Å². The third-order valence-electron chi connectivity index (χ3n) is 3.42. The van der Waals surface area contributed by atoms with E-state index in [0.717, 1.165) is 18.7 Å². The van der Waals surface area contributed by atoms with Gasteiger partial charge in [0.05, 0.1) is 11.7 Å². The first-order chi connectivity index (χ1) is 8.27. The lowest BCUT2D eigenvalue weighted by molar-refractivity contribution is 0.451. The van der Waals surface area contributed by atoms with Gasteiger partial charge in [-0.2, -0.15) is 5.10 Å². The average Bonchev–Trinajstić information content (AvgIpc) is 2.68. The Morgan fingerprint density at radius 1 is 1.29 bits per heavy atom. The van der Waals surface area contributed by atoms with Crippen molar-refractivity contribution in [2.45, 2.75) is 26.3 Å². The second-order valence-corrected chi connectivity index (χ2v) is 4.68. The smallest absolute Gasteiger partial charge is 0.132 e. The summed E-state index contributed by atoms with van der Waals surface area (Å²) in [4.78, 5) is 0. The molecule has 2 heterocycles. The maximum Gasteiger partial charge on any atom is 0.132 e. The molecule has 1 aliphatic heterocycles. The van der Waals surface area contributed by atoms with E-state index < -0.39 is 0 Å². The Hall–Kier alpha value is -1.77. The molecule has 0 saturated heterocycles. The van der Waals surface area contributed by atoms with Crippen LogP contribution in [0.2, 0.25) is 0 Å². The number of aryl methyl sites for hydroxylation is 1. The van der Waals surface area contributed by atoms with E-state index in [1.165, 1.54) is 16.9 Å². The quantitative estimate of drug-likeness (QED) is 0.810. The van der Waals surface area contributed by atoms with Crippen LogP contribution in [-0.2, 0) is 0 Å². The van der Waals surface area contributed by atoms with Gasteiger partial charge in [0.1, 0.15) is 5.82 Å². The van der Waals surface area contributed by atoms with Crippen molar-refractivity contribution in [2.24, 2.45) is 0 Å². The summed E-state index contributed by atoms with van der Waals surface area (Å²) in [5.41, 5.74) is 3.59. The van der Waals surface area contributed by atoms with Crippen molar-refractivity contribution in [2.75, 3.05) is 11.9 Å². The minimum Gasteiger partial charge on any atom is -0.370 e. The van der Waals surface area contributed by atoms with E-state index in [0.29, 0.717) is 6.04 Å². The van der Waals surface area contributed by atoms with E-state index in [1.807, 2.05) is 6.07 Å². The first-order valence-corrected chi connectivity index (χ1v) is 6.16. The van der Waals surface area contributed by atoms with Crippen LogP contribution in [0, 0.1) is 6.92 Å². The molecule has 1 aromatic heterocycles. The number of hydrogen-bond acceptors (Lipinski definition) is 2. The fourth-order valence-electron chi connectivity index (χ4n) is 2.51. The normalized spacial score (nSPS) is 18.6. The average molecular weight is 227 g/mol. The number of hydrogen-bond donors (Lipinski definition) is 1. The molecule has 1 unspecified atom stereocenters. The van der Waals surface area contributed by atoms with E-state index >= 15 is 0 Å². The molecule has 1 atom stereocenters. The van der Waals surface area contributed by atoms with Crippen molar-refractivity contribution in [3.8, 4) is 11.1 Å². The molecule has 3 nitrogen and oxygen atoms in total. The zero-order chi connectivity index (χ0) is 11.8. The molecule has 0 fully saturated rings. The minimum atomic E-state index is 0.488. The molecule has 1 N–H and O–H groups in total. The minimum absolute atomic E-state index is 0.488. The summed E-state index contributed by atoms with van der Waals surface area (Å²) in [5, 5.41) is 8.14. The predicted molar refractivity (Wildman–Crippen MR) is 70.2 cm³/mol. The fourth-order valence-corrected chi connectivity index (χ4v) is 2.51. The first kappa shape index (κ1) is 10.4. The fraction of sp³-hybridized carbons (Fsp3) is 0.357. The van der Waals surface area contributed by atoms with Crippen molar-refractivity contribution in [3.05, 3.63) is 36.0 Å². The molecule has 88 valence electrons. The van der Waals surface area contributed by atoms with Gasteiger partial charge >= 0.3 is 0 Å². The number of nitrogens with zero attached hydrogens (tertiary/aromatic N) is 2. The number of anilines is 1. The lowest BCUT2D eigenvalue weighted by Gasteiger charge is -2.23. The third-order valence-corrected chi connectivity index (χ3v) is 3.42. The molecule has 0 amide bonds. The molecule has 0 radical (unpaired) electrons. The van der Waals surface area contributed by atoms with Crippen molar-refractivity contribution < 1.29 is 0 Å². The first-order valence-electron chi connectivity index (χ1n) is 6.16. The number of fused-ring (bicyclic) bond motifs is 1. The number of rotatable bonds is 1. The molecule has 0 aliphatic carbocycles. The highest BCUT2D eigenvalue weighted by atomic mass is 15.4. The van der Waals surface area contributed by atoms with Crippen LogP contribution < -0.4 is 5.32 Å². The van der Waals surface area contributed by atoms with Gasteiger partial charge in [-0.1, -0.05) is 30.3 Å². The summed E-state index contributed by atoms with van der Waals surface area (Å²) in [6, 6.07) is 11.0. The zero-order valence-corrected chi connectivity index (χ0v) is 10.3. The Balaban J connectivity index is 2.18. The van der Waals surface area contributed by atoms with Crippen LogP contribution in [0.5, 0.6) is 0 Å². The Morgan fingerprint density at radius 2 is 2.06 bits per heavy atom. The van der Waals surface area contributed by atoms with Gasteiger partial charge < -0.3 is 5.32 Å². The van der Waals surface area contributed by atoms with Crippen LogP contribution in [0.1, 0.15) is 25.1 Å². The van der Waals surface area contributed by atoms with Crippen LogP contribution in [0.4, 0.5) is 5.82 Å². The Morgan fingerprint density at radius 3 is 2.82 bits per heavy atom. The largest absolute Gasteiger partial charge is 0.370 e. The van der Waals surface area contributed by atoms with Crippen molar-refractivity contribution in [1.82, 2.24) is 9.78 Å². The number of aromatic nitrogens is 2. The Labute approximate surface area is 101 Å². The van der Waals surface area contributed by atoms with Crippen LogP contribution in [0.3, 0.4) is 0 Å². The maximum atomic E-state index is 4.66. The van der Waals surface area contributed by atoms with E-state index in [9.17, 15) is 0 Å². The molecule has 1 aromatic carbocycles. The highest BCUT2D eigenvalue weighted by Gasteiger charge is 2.22. The third kappa shape index (κ3) is 1.62. The lowest BCUT2D eigenvalue weighted by atomic mass is 10.0. The van der Waals surface area contributed by atoms with Crippen molar-refractivity contribution >= 4 is 5.82 Å². The molecule has 3 rings (SSSR count). The summed E-state index contributed by atoms with van der Waals surface area (Å²) in [6.45, 7) is 5.35. The van der Waals surface area contributed by atoms with Crippen LogP contribution >= 0.6 is 0 Å². The summed E-state index contributed by atoms with van der Waals surface area (Å²) < 4.78 is 2.13. The molecule has 0 bridgehead atoms.